The number of allylic oxidation sites excluding steroid dienone is 1. The van der Waals surface area contributed by atoms with Crippen LogP contribution in [0.15, 0.2) is 42.5 Å². The lowest BCUT2D eigenvalue weighted by Crippen LogP contribution is -2.08. The molecule has 24 heavy (non-hydrogen) atoms. The molecule has 1 fully saturated rings. The molecule has 1 radical (unpaired) electrons. The third-order valence-corrected chi connectivity index (χ3v) is 4.93. The molecule has 0 aliphatic heterocycles. The first kappa shape index (κ1) is 16.9. The zero-order valence-corrected chi connectivity index (χ0v) is 14.3. The molecule has 2 aromatic rings. The van der Waals surface area contributed by atoms with E-state index in [1.54, 1.807) is 19.1 Å². The van der Waals surface area contributed by atoms with Crippen molar-refractivity contribution >= 4 is 6.08 Å². The Bertz CT molecular complexity index is 720. The lowest BCUT2D eigenvalue weighted by molar-refractivity contribution is 0.420. The van der Waals surface area contributed by atoms with E-state index in [0.29, 0.717) is 16.7 Å². The molecule has 1 aliphatic carbocycles. The predicted molar refractivity (Wildman–Crippen MR) is 96.4 cm³/mol. The largest absolute Gasteiger partial charge is 0.203 e. The highest BCUT2D eigenvalue weighted by Crippen LogP contribution is 2.31. The minimum absolute atomic E-state index is 0.310. The van der Waals surface area contributed by atoms with E-state index in [-0.39, 0.29) is 0 Å². The molecule has 125 valence electrons. The topological polar surface area (TPSA) is 0 Å². The van der Waals surface area contributed by atoms with Gasteiger partial charge in [-0.3, -0.25) is 0 Å². The molecular weight excluding hydrogens is 302 g/mol. The summed E-state index contributed by atoms with van der Waals surface area (Å²) < 4.78 is 27.8. The van der Waals surface area contributed by atoms with Crippen molar-refractivity contribution in [2.45, 2.75) is 39.5 Å². The smallest absolute Gasteiger partial charge is 0.166 e. The van der Waals surface area contributed by atoms with Gasteiger partial charge >= 0.3 is 0 Å². The van der Waals surface area contributed by atoms with Crippen LogP contribution in [0.2, 0.25) is 0 Å². The first-order valence-corrected chi connectivity index (χ1v) is 8.62. The number of hydrogen-bond acceptors (Lipinski definition) is 0. The quantitative estimate of drug-likeness (QED) is 0.586. The zero-order valence-electron chi connectivity index (χ0n) is 14.3. The summed E-state index contributed by atoms with van der Waals surface area (Å²) in [4.78, 5) is 0. The van der Waals surface area contributed by atoms with Gasteiger partial charge in [0, 0.05) is 5.56 Å². The molecule has 0 atom stereocenters. The summed E-state index contributed by atoms with van der Waals surface area (Å²) in [5, 5.41) is 0. The summed E-state index contributed by atoms with van der Waals surface area (Å²) in [6, 6.07) is 10.9. The molecule has 0 nitrogen and oxygen atoms in total. The van der Waals surface area contributed by atoms with Crippen molar-refractivity contribution in [3.8, 4) is 11.1 Å². The Labute approximate surface area is 143 Å². The van der Waals surface area contributed by atoms with Gasteiger partial charge in [-0.25, -0.2) is 8.78 Å². The summed E-state index contributed by atoms with van der Waals surface area (Å²) in [7, 11) is 0. The van der Waals surface area contributed by atoms with Crippen molar-refractivity contribution in [1.82, 2.24) is 0 Å². The van der Waals surface area contributed by atoms with Crippen LogP contribution in [0.25, 0.3) is 17.2 Å². The standard InChI is InChI=1S/C22H23F2/c1-15-3-6-17(7-4-15)8-9-18-10-12-19(13-11-18)20-14-5-16(2)21(23)22(20)24/h5,8-15H,3-4,6-7H2,1-2H3. The molecule has 0 aromatic heterocycles. The number of aryl methyl sites for hydroxylation is 1. The average Bonchev–Trinajstić information content (AvgIpc) is 2.60. The number of hydrogen-bond donors (Lipinski definition) is 0. The SMILES string of the molecule is Cc1ccc(-c2ccc(C=C[C]3CCC(C)CC3)cc2)c(F)c1F. The van der Waals surface area contributed by atoms with Crippen molar-refractivity contribution in [1.29, 1.82) is 0 Å². The van der Waals surface area contributed by atoms with Crippen molar-refractivity contribution in [3.63, 3.8) is 0 Å². The van der Waals surface area contributed by atoms with Crippen LogP contribution in [0.4, 0.5) is 8.78 Å². The van der Waals surface area contributed by atoms with Crippen molar-refractivity contribution < 1.29 is 8.78 Å². The van der Waals surface area contributed by atoms with Crippen LogP contribution in [0.5, 0.6) is 0 Å². The monoisotopic (exact) mass is 325 g/mol. The Balaban J connectivity index is 1.73. The highest BCUT2D eigenvalue weighted by molar-refractivity contribution is 5.67. The predicted octanol–water partition coefficient (Wildman–Crippen LogP) is 6.74. The van der Waals surface area contributed by atoms with Crippen LogP contribution in [0, 0.1) is 30.4 Å². The van der Waals surface area contributed by atoms with Crippen molar-refractivity contribution in [3.05, 3.63) is 71.2 Å². The molecule has 1 saturated carbocycles. The maximum Gasteiger partial charge on any atom is 0.166 e. The third kappa shape index (κ3) is 3.75. The van der Waals surface area contributed by atoms with E-state index in [2.05, 4.69) is 19.1 Å². The van der Waals surface area contributed by atoms with Crippen LogP contribution in [-0.4, -0.2) is 0 Å². The Hall–Kier alpha value is -1.96. The molecule has 0 saturated heterocycles. The van der Waals surface area contributed by atoms with Gasteiger partial charge in [-0.05, 0) is 61.1 Å². The van der Waals surface area contributed by atoms with Crippen LogP contribution in [0.1, 0.15) is 43.7 Å². The van der Waals surface area contributed by atoms with Gasteiger partial charge in [0.15, 0.2) is 11.6 Å². The van der Waals surface area contributed by atoms with E-state index in [9.17, 15) is 8.78 Å². The van der Waals surface area contributed by atoms with Gasteiger partial charge in [-0.1, -0.05) is 55.5 Å². The van der Waals surface area contributed by atoms with E-state index in [0.717, 1.165) is 11.5 Å². The van der Waals surface area contributed by atoms with Crippen molar-refractivity contribution in [2.75, 3.05) is 0 Å². The minimum atomic E-state index is -0.773. The molecule has 3 rings (SSSR count). The molecule has 2 heteroatoms. The summed E-state index contributed by atoms with van der Waals surface area (Å²) in [5.74, 6) is 0.805. The van der Waals surface area contributed by atoms with Gasteiger partial charge < -0.3 is 0 Å². The highest BCUT2D eigenvalue weighted by atomic mass is 19.2. The summed E-state index contributed by atoms with van der Waals surface area (Å²) in [5.41, 5.74) is 2.42. The van der Waals surface area contributed by atoms with Crippen LogP contribution in [-0.2, 0) is 0 Å². The van der Waals surface area contributed by atoms with Gasteiger partial charge in [0.2, 0.25) is 0 Å². The van der Waals surface area contributed by atoms with Gasteiger partial charge in [-0.2, -0.15) is 0 Å². The Morgan fingerprint density at radius 1 is 0.875 bits per heavy atom. The van der Waals surface area contributed by atoms with E-state index in [1.165, 1.54) is 31.6 Å². The Morgan fingerprint density at radius 2 is 1.54 bits per heavy atom. The Kier molecular flexibility index (Phi) is 5.13. The average molecular weight is 325 g/mol. The van der Waals surface area contributed by atoms with E-state index in [1.807, 2.05) is 24.3 Å². The zero-order chi connectivity index (χ0) is 17.1. The number of rotatable bonds is 3. The maximum absolute atomic E-state index is 14.1. The fourth-order valence-corrected chi connectivity index (χ4v) is 3.16. The van der Waals surface area contributed by atoms with E-state index >= 15 is 0 Å². The van der Waals surface area contributed by atoms with Gasteiger partial charge in [0.1, 0.15) is 0 Å². The summed E-state index contributed by atoms with van der Waals surface area (Å²) >= 11 is 0. The number of halogens is 2. The maximum atomic E-state index is 14.1. The first-order chi connectivity index (χ1) is 11.5. The molecule has 1 aliphatic rings. The van der Waals surface area contributed by atoms with Crippen LogP contribution < -0.4 is 0 Å². The van der Waals surface area contributed by atoms with Crippen molar-refractivity contribution in [2.24, 2.45) is 5.92 Å². The van der Waals surface area contributed by atoms with Gasteiger partial charge in [-0.15, -0.1) is 0 Å². The lowest BCUT2D eigenvalue weighted by Gasteiger charge is -2.23. The number of benzene rings is 2. The van der Waals surface area contributed by atoms with Gasteiger partial charge in [0.05, 0.1) is 0 Å². The minimum Gasteiger partial charge on any atom is -0.203 e. The molecular formula is C22H23F2. The highest BCUT2D eigenvalue weighted by Gasteiger charge is 2.16. The first-order valence-electron chi connectivity index (χ1n) is 8.62. The van der Waals surface area contributed by atoms with E-state index < -0.39 is 11.6 Å². The molecule has 0 N–H and O–H groups in total. The van der Waals surface area contributed by atoms with Crippen LogP contribution in [0.3, 0.4) is 0 Å². The second-order valence-corrected chi connectivity index (χ2v) is 6.85. The third-order valence-electron chi connectivity index (χ3n) is 4.93. The fourth-order valence-electron chi connectivity index (χ4n) is 3.16. The molecule has 0 bridgehead atoms. The van der Waals surface area contributed by atoms with Gasteiger partial charge in [0.25, 0.3) is 0 Å². The molecule has 0 spiro atoms. The molecule has 0 amide bonds. The fraction of sp³-hybridized carbons (Fsp3) is 0.318. The lowest BCUT2D eigenvalue weighted by atomic mass is 9.83. The molecule has 0 unspecified atom stereocenters. The molecule has 0 heterocycles. The summed E-state index contributed by atoms with van der Waals surface area (Å²) in [6.07, 6.45) is 9.25. The Morgan fingerprint density at radius 3 is 2.21 bits per heavy atom. The summed E-state index contributed by atoms with van der Waals surface area (Å²) in [6.45, 7) is 3.88. The molecule has 2 aromatic carbocycles. The van der Waals surface area contributed by atoms with Crippen LogP contribution >= 0.6 is 0 Å². The van der Waals surface area contributed by atoms with E-state index in [4.69, 9.17) is 0 Å². The normalized spacial score (nSPS) is 16.8. The second-order valence-electron chi connectivity index (χ2n) is 6.85. The second kappa shape index (κ2) is 7.29.